The third-order valence-corrected chi connectivity index (χ3v) is 5.48. The van der Waals surface area contributed by atoms with Gasteiger partial charge in [0.15, 0.2) is 0 Å². The molecule has 0 aromatic heterocycles. The van der Waals surface area contributed by atoms with Gasteiger partial charge < -0.3 is 19.1 Å². The fraction of sp³-hybridized carbons (Fsp3) is 0.480. The highest BCUT2D eigenvalue weighted by molar-refractivity contribution is 5.79. The van der Waals surface area contributed by atoms with Gasteiger partial charge in [0.25, 0.3) is 0 Å². The summed E-state index contributed by atoms with van der Waals surface area (Å²) in [6.45, 7) is 5.41. The van der Waals surface area contributed by atoms with Crippen LogP contribution in [0.15, 0.2) is 48.5 Å². The molecule has 0 radical (unpaired) electrons. The Labute approximate surface area is 179 Å². The maximum atomic E-state index is 12.4. The molecule has 0 saturated heterocycles. The Bertz CT molecular complexity index is 762. The SMILES string of the molecule is CCCCCOCCOCCN(C)C(=O)OCC1c2ccccc2-c2ccccc21. The number of benzene rings is 2. The minimum Gasteiger partial charge on any atom is -0.448 e. The van der Waals surface area contributed by atoms with E-state index in [9.17, 15) is 4.79 Å². The molecule has 5 nitrogen and oxygen atoms in total. The predicted molar refractivity (Wildman–Crippen MR) is 119 cm³/mol. The van der Waals surface area contributed by atoms with E-state index in [4.69, 9.17) is 14.2 Å². The van der Waals surface area contributed by atoms with Crippen LogP contribution >= 0.6 is 0 Å². The lowest BCUT2D eigenvalue weighted by Crippen LogP contribution is -2.32. The Morgan fingerprint density at radius 2 is 1.47 bits per heavy atom. The second-order valence-electron chi connectivity index (χ2n) is 7.66. The van der Waals surface area contributed by atoms with E-state index in [0.717, 1.165) is 13.0 Å². The minimum atomic E-state index is -0.323. The number of unbranched alkanes of at least 4 members (excludes halogenated alkanes) is 2. The van der Waals surface area contributed by atoms with E-state index in [0.29, 0.717) is 33.0 Å². The molecule has 3 rings (SSSR count). The van der Waals surface area contributed by atoms with Crippen molar-refractivity contribution in [2.75, 3.05) is 46.6 Å². The lowest BCUT2D eigenvalue weighted by Gasteiger charge is -2.19. The summed E-state index contributed by atoms with van der Waals surface area (Å²) in [4.78, 5) is 14.0. The number of fused-ring (bicyclic) bond motifs is 3. The van der Waals surface area contributed by atoms with Crippen LogP contribution in [-0.4, -0.2) is 57.6 Å². The van der Waals surface area contributed by atoms with Crippen LogP contribution in [0.4, 0.5) is 4.79 Å². The quantitative estimate of drug-likeness (QED) is 0.457. The van der Waals surface area contributed by atoms with Crippen molar-refractivity contribution in [1.29, 1.82) is 0 Å². The summed E-state index contributed by atoms with van der Waals surface area (Å²) in [5, 5.41) is 0. The second-order valence-corrected chi connectivity index (χ2v) is 7.66. The molecule has 0 bridgehead atoms. The van der Waals surface area contributed by atoms with Gasteiger partial charge in [-0.05, 0) is 28.7 Å². The molecule has 0 heterocycles. The largest absolute Gasteiger partial charge is 0.448 e. The van der Waals surface area contributed by atoms with E-state index in [2.05, 4.69) is 31.2 Å². The van der Waals surface area contributed by atoms with Crippen LogP contribution in [-0.2, 0) is 14.2 Å². The molecule has 5 heteroatoms. The highest BCUT2D eigenvalue weighted by Crippen LogP contribution is 2.44. The average Bonchev–Trinajstić information content (AvgIpc) is 3.10. The lowest BCUT2D eigenvalue weighted by atomic mass is 9.98. The smallest absolute Gasteiger partial charge is 0.409 e. The summed E-state index contributed by atoms with van der Waals surface area (Å²) in [6.07, 6.45) is 3.17. The maximum Gasteiger partial charge on any atom is 0.409 e. The standard InChI is InChI=1S/C25H33NO4/c1-3-4-9-15-28-17-18-29-16-14-26(2)25(27)30-19-24-22-12-7-5-10-20(22)21-11-6-8-13-23(21)24/h5-8,10-13,24H,3-4,9,14-19H2,1-2H3. The van der Waals surface area contributed by atoms with E-state index in [-0.39, 0.29) is 12.0 Å². The molecule has 30 heavy (non-hydrogen) atoms. The van der Waals surface area contributed by atoms with Gasteiger partial charge in [-0.15, -0.1) is 0 Å². The Balaban J connectivity index is 1.38. The number of carbonyl (C=O) groups excluding carboxylic acids is 1. The number of ether oxygens (including phenoxy) is 3. The minimum absolute atomic E-state index is 0.0795. The first kappa shape index (κ1) is 22.3. The molecular weight excluding hydrogens is 378 g/mol. The van der Waals surface area contributed by atoms with Crippen molar-refractivity contribution in [3.63, 3.8) is 0 Å². The molecular formula is C25H33NO4. The maximum absolute atomic E-state index is 12.4. The number of likely N-dealkylation sites (N-methyl/N-ethyl adjacent to an activating group) is 1. The molecule has 162 valence electrons. The van der Waals surface area contributed by atoms with Crippen LogP contribution in [0.1, 0.15) is 43.2 Å². The number of rotatable bonds is 12. The molecule has 1 aliphatic carbocycles. The zero-order valence-electron chi connectivity index (χ0n) is 18.1. The first-order valence-electron chi connectivity index (χ1n) is 10.9. The summed E-state index contributed by atoms with van der Waals surface area (Å²) in [5.74, 6) is 0.0795. The number of hydrogen-bond acceptors (Lipinski definition) is 4. The summed E-state index contributed by atoms with van der Waals surface area (Å²) in [5.41, 5.74) is 4.90. The molecule has 0 unspecified atom stereocenters. The lowest BCUT2D eigenvalue weighted by molar-refractivity contribution is 0.0372. The van der Waals surface area contributed by atoms with Crippen molar-refractivity contribution in [3.05, 3.63) is 59.7 Å². The van der Waals surface area contributed by atoms with Gasteiger partial charge in [0.1, 0.15) is 6.61 Å². The molecule has 0 spiro atoms. The summed E-state index contributed by atoms with van der Waals surface area (Å²) >= 11 is 0. The van der Waals surface area contributed by atoms with Crippen LogP contribution in [0.2, 0.25) is 0 Å². The van der Waals surface area contributed by atoms with Gasteiger partial charge in [0.05, 0.1) is 19.8 Å². The van der Waals surface area contributed by atoms with Gasteiger partial charge in [0, 0.05) is 26.1 Å². The highest BCUT2D eigenvalue weighted by Gasteiger charge is 2.29. The van der Waals surface area contributed by atoms with Crippen molar-refractivity contribution < 1.29 is 19.0 Å². The zero-order chi connectivity index (χ0) is 21.2. The molecule has 0 fully saturated rings. The first-order valence-corrected chi connectivity index (χ1v) is 10.9. The van der Waals surface area contributed by atoms with Crippen LogP contribution < -0.4 is 0 Å². The van der Waals surface area contributed by atoms with Crippen LogP contribution in [0.3, 0.4) is 0 Å². The van der Waals surface area contributed by atoms with Gasteiger partial charge in [0.2, 0.25) is 0 Å². The Morgan fingerprint density at radius 1 is 0.867 bits per heavy atom. The van der Waals surface area contributed by atoms with Gasteiger partial charge in [-0.2, -0.15) is 0 Å². The van der Waals surface area contributed by atoms with Crippen molar-refractivity contribution in [1.82, 2.24) is 4.90 Å². The normalized spacial score (nSPS) is 12.5. The van der Waals surface area contributed by atoms with Crippen LogP contribution in [0.5, 0.6) is 0 Å². The van der Waals surface area contributed by atoms with E-state index < -0.39 is 0 Å². The van der Waals surface area contributed by atoms with Crippen molar-refractivity contribution in [2.45, 2.75) is 32.1 Å². The van der Waals surface area contributed by atoms with E-state index in [1.165, 1.54) is 35.1 Å². The van der Waals surface area contributed by atoms with Crippen LogP contribution in [0.25, 0.3) is 11.1 Å². The van der Waals surface area contributed by atoms with Gasteiger partial charge in [-0.3, -0.25) is 0 Å². The van der Waals surface area contributed by atoms with Gasteiger partial charge in [-0.1, -0.05) is 68.3 Å². The fourth-order valence-electron chi connectivity index (χ4n) is 3.77. The van der Waals surface area contributed by atoms with Crippen molar-refractivity contribution in [3.8, 4) is 11.1 Å². The third kappa shape index (κ3) is 5.83. The van der Waals surface area contributed by atoms with Crippen LogP contribution in [0, 0.1) is 0 Å². The Kier molecular flexibility index (Phi) is 8.72. The highest BCUT2D eigenvalue weighted by atomic mass is 16.6. The van der Waals surface area contributed by atoms with Gasteiger partial charge >= 0.3 is 6.09 Å². The molecule has 1 amide bonds. The van der Waals surface area contributed by atoms with E-state index >= 15 is 0 Å². The summed E-state index contributed by atoms with van der Waals surface area (Å²) < 4.78 is 16.7. The predicted octanol–water partition coefficient (Wildman–Crippen LogP) is 5.09. The van der Waals surface area contributed by atoms with Gasteiger partial charge in [-0.25, -0.2) is 4.79 Å². The fourth-order valence-corrected chi connectivity index (χ4v) is 3.77. The second kappa shape index (κ2) is 11.7. The first-order chi connectivity index (χ1) is 14.7. The molecule has 0 atom stereocenters. The van der Waals surface area contributed by atoms with Crippen molar-refractivity contribution >= 4 is 6.09 Å². The average molecular weight is 412 g/mol. The summed E-state index contributed by atoms with van der Waals surface area (Å²) in [7, 11) is 1.74. The molecule has 1 aliphatic rings. The molecule has 2 aromatic rings. The molecule has 0 N–H and O–H groups in total. The monoisotopic (exact) mass is 411 g/mol. The topological polar surface area (TPSA) is 48.0 Å². The van der Waals surface area contributed by atoms with Crippen molar-refractivity contribution in [2.24, 2.45) is 0 Å². The number of hydrogen-bond donors (Lipinski definition) is 0. The Hall–Kier alpha value is -2.37. The molecule has 0 saturated carbocycles. The van der Waals surface area contributed by atoms with E-state index in [1.54, 1.807) is 11.9 Å². The number of nitrogens with zero attached hydrogens (tertiary/aromatic N) is 1. The third-order valence-electron chi connectivity index (χ3n) is 5.48. The number of carbonyl (C=O) groups is 1. The number of amides is 1. The summed E-state index contributed by atoms with van der Waals surface area (Å²) in [6, 6.07) is 16.7. The molecule has 0 aliphatic heterocycles. The zero-order valence-corrected chi connectivity index (χ0v) is 18.1. The Morgan fingerprint density at radius 3 is 2.10 bits per heavy atom. The molecule has 2 aromatic carbocycles. The van der Waals surface area contributed by atoms with E-state index in [1.807, 2.05) is 24.3 Å².